The van der Waals surface area contributed by atoms with Crippen molar-refractivity contribution < 1.29 is 4.42 Å². The molecule has 8 aromatic carbocycles. The van der Waals surface area contributed by atoms with E-state index in [0.29, 0.717) is 22.6 Å². The summed E-state index contributed by atoms with van der Waals surface area (Å²) in [5.41, 5.74) is 10.2. The van der Waals surface area contributed by atoms with Crippen LogP contribution in [0.4, 0.5) is 0 Å². The van der Waals surface area contributed by atoms with Gasteiger partial charge < -0.3 is 8.98 Å². The molecule has 60 heavy (non-hydrogen) atoms. The number of para-hydroxylation sites is 5. The predicted octanol–water partition coefficient (Wildman–Crippen LogP) is 12.7. The zero-order valence-corrected chi connectivity index (χ0v) is 32.0. The SMILES string of the molecule is O=c1c2cc3c4ccccc4n(-c4nc(-c5ccccc5)c5oc6ccccc6c5n4)c3cc2c2ccc3c4ccccc4n(-c4ccccc4)c3c2n1-c1ccccc1. The molecule has 0 N–H and O–H groups in total. The summed E-state index contributed by atoms with van der Waals surface area (Å²) >= 11 is 0. The molecule has 0 saturated carbocycles. The van der Waals surface area contributed by atoms with Crippen LogP contribution in [0.25, 0.3) is 116 Å². The minimum atomic E-state index is -0.0892. The van der Waals surface area contributed by atoms with Gasteiger partial charge in [-0.1, -0.05) is 127 Å². The topological polar surface area (TPSA) is 70.8 Å². The molecule has 0 aliphatic heterocycles. The Kier molecular flexibility index (Phi) is 6.75. The Hall–Kier alpha value is -8.29. The summed E-state index contributed by atoms with van der Waals surface area (Å²) in [6.45, 7) is 0. The van der Waals surface area contributed by atoms with E-state index < -0.39 is 0 Å². The molecule has 0 radical (unpaired) electrons. The van der Waals surface area contributed by atoms with Crippen LogP contribution in [0.2, 0.25) is 0 Å². The van der Waals surface area contributed by atoms with Crippen molar-refractivity contribution in [3.05, 3.63) is 198 Å². The molecule has 13 rings (SSSR count). The fourth-order valence-electron chi connectivity index (χ4n) is 9.48. The number of aromatic nitrogens is 5. The van der Waals surface area contributed by atoms with Gasteiger partial charge in [0.1, 0.15) is 16.8 Å². The van der Waals surface area contributed by atoms with Crippen LogP contribution in [-0.4, -0.2) is 23.7 Å². The van der Waals surface area contributed by atoms with Crippen LogP contribution in [0.15, 0.2) is 197 Å². The normalized spacial score (nSPS) is 12.1. The third-order valence-electron chi connectivity index (χ3n) is 12.1. The van der Waals surface area contributed by atoms with Gasteiger partial charge >= 0.3 is 0 Å². The standard InChI is InChI=1S/C53H31N5O2/c59-52-42-30-41-36-23-11-14-26-44(36)58(53-54-47(32-16-4-1-5-17-32)51-48(55-53)39-24-12-15-27-46(39)60-51)45(41)31-40(42)38-29-28-37-35-22-10-13-25-43(35)56(33-18-6-2-7-19-33)49(37)50(38)57(52)34-20-8-3-9-21-34/h1-31H. The number of pyridine rings is 1. The molecule has 13 aromatic rings. The fourth-order valence-corrected chi connectivity index (χ4v) is 9.48. The fraction of sp³-hybridized carbons (Fsp3) is 0. The lowest BCUT2D eigenvalue weighted by atomic mass is 10.0. The Balaban J connectivity index is 1.22. The largest absolute Gasteiger partial charge is 0.452 e. The number of fused-ring (bicyclic) bond motifs is 13. The molecule has 0 aliphatic carbocycles. The molecule has 280 valence electrons. The van der Waals surface area contributed by atoms with Crippen LogP contribution in [0.3, 0.4) is 0 Å². The number of hydrogen-bond donors (Lipinski definition) is 0. The molecule has 0 fully saturated rings. The van der Waals surface area contributed by atoms with E-state index in [-0.39, 0.29) is 5.56 Å². The highest BCUT2D eigenvalue weighted by Crippen LogP contribution is 2.42. The van der Waals surface area contributed by atoms with Gasteiger partial charge in [-0.05, 0) is 66.0 Å². The van der Waals surface area contributed by atoms with Crippen LogP contribution in [-0.2, 0) is 0 Å². The van der Waals surface area contributed by atoms with E-state index in [1.54, 1.807) is 0 Å². The summed E-state index contributed by atoms with van der Waals surface area (Å²) in [5, 5.41) is 7.50. The van der Waals surface area contributed by atoms with Crippen LogP contribution in [0.1, 0.15) is 0 Å². The maximum absolute atomic E-state index is 15.5. The Morgan fingerprint density at radius 3 is 1.67 bits per heavy atom. The van der Waals surface area contributed by atoms with E-state index in [4.69, 9.17) is 14.4 Å². The number of rotatable bonds is 4. The van der Waals surface area contributed by atoms with Gasteiger partial charge in [0.25, 0.3) is 5.56 Å². The maximum Gasteiger partial charge on any atom is 0.263 e. The van der Waals surface area contributed by atoms with Gasteiger partial charge in [-0.25, -0.2) is 9.97 Å². The van der Waals surface area contributed by atoms with Crippen LogP contribution in [0, 0.1) is 0 Å². The van der Waals surface area contributed by atoms with Crippen molar-refractivity contribution in [3.63, 3.8) is 0 Å². The first-order chi connectivity index (χ1) is 29.7. The molecule has 5 heterocycles. The molecule has 0 amide bonds. The molecule has 0 unspecified atom stereocenters. The van der Waals surface area contributed by atoms with Gasteiger partial charge in [0.15, 0.2) is 5.58 Å². The molecule has 0 saturated heterocycles. The molecule has 0 spiro atoms. The first kappa shape index (κ1) is 32.8. The molecule has 7 nitrogen and oxygen atoms in total. The zero-order valence-electron chi connectivity index (χ0n) is 32.0. The van der Waals surface area contributed by atoms with Crippen LogP contribution >= 0.6 is 0 Å². The Labute approximate surface area is 341 Å². The molecule has 7 heteroatoms. The molecule has 0 bridgehead atoms. The van der Waals surface area contributed by atoms with Gasteiger partial charge in [0.2, 0.25) is 5.95 Å². The monoisotopic (exact) mass is 769 g/mol. The minimum Gasteiger partial charge on any atom is -0.452 e. The first-order valence-electron chi connectivity index (χ1n) is 20.0. The average molecular weight is 770 g/mol. The molecule has 0 atom stereocenters. The lowest BCUT2D eigenvalue weighted by molar-refractivity contribution is 0.666. The highest BCUT2D eigenvalue weighted by molar-refractivity contribution is 6.24. The van der Waals surface area contributed by atoms with Gasteiger partial charge in [-0.3, -0.25) is 13.9 Å². The van der Waals surface area contributed by atoms with Crippen molar-refractivity contribution in [2.24, 2.45) is 0 Å². The van der Waals surface area contributed by atoms with Gasteiger partial charge in [-0.15, -0.1) is 0 Å². The Morgan fingerprint density at radius 1 is 0.400 bits per heavy atom. The van der Waals surface area contributed by atoms with Gasteiger partial charge in [-0.2, -0.15) is 0 Å². The number of benzene rings is 8. The van der Waals surface area contributed by atoms with E-state index in [2.05, 4.69) is 106 Å². The Morgan fingerprint density at radius 2 is 0.950 bits per heavy atom. The summed E-state index contributed by atoms with van der Waals surface area (Å²) in [6, 6.07) is 64.0. The molecular weight excluding hydrogens is 739 g/mol. The number of furan rings is 1. The second kappa shape index (κ2) is 12.4. The summed E-state index contributed by atoms with van der Waals surface area (Å²) < 4.78 is 12.8. The first-order valence-corrected chi connectivity index (χ1v) is 20.0. The highest BCUT2D eigenvalue weighted by Gasteiger charge is 2.25. The van der Waals surface area contributed by atoms with Crippen molar-refractivity contribution in [1.29, 1.82) is 0 Å². The van der Waals surface area contributed by atoms with E-state index in [9.17, 15) is 0 Å². The summed E-state index contributed by atoms with van der Waals surface area (Å²) in [7, 11) is 0. The van der Waals surface area contributed by atoms with Crippen molar-refractivity contribution >= 4 is 87.4 Å². The summed E-state index contributed by atoms with van der Waals surface area (Å²) in [4.78, 5) is 26.1. The van der Waals surface area contributed by atoms with Crippen molar-refractivity contribution in [2.45, 2.75) is 0 Å². The van der Waals surface area contributed by atoms with Crippen LogP contribution < -0.4 is 5.56 Å². The number of hydrogen-bond acceptors (Lipinski definition) is 4. The van der Waals surface area contributed by atoms with Crippen molar-refractivity contribution in [3.8, 4) is 28.6 Å². The van der Waals surface area contributed by atoms with E-state index in [0.717, 1.165) is 93.3 Å². The molecule has 5 aromatic heterocycles. The Bertz CT molecular complexity index is 3960. The third-order valence-corrected chi connectivity index (χ3v) is 12.1. The minimum absolute atomic E-state index is 0.0892. The lowest BCUT2D eigenvalue weighted by Gasteiger charge is -2.17. The molecular formula is C53H31N5O2. The highest BCUT2D eigenvalue weighted by atomic mass is 16.3. The third kappa shape index (κ3) is 4.51. The van der Waals surface area contributed by atoms with Gasteiger partial charge in [0, 0.05) is 54.6 Å². The second-order valence-corrected chi connectivity index (χ2v) is 15.3. The molecule has 0 aliphatic rings. The summed E-state index contributed by atoms with van der Waals surface area (Å²) in [6.07, 6.45) is 0. The maximum atomic E-state index is 15.5. The quantitative estimate of drug-likeness (QED) is 0.167. The smallest absolute Gasteiger partial charge is 0.263 e. The summed E-state index contributed by atoms with van der Waals surface area (Å²) in [5.74, 6) is 0.520. The number of nitrogens with zero attached hydrogens (tertiary/aromatic N) is 5. The van der Waals surface area contributed by atoms with Gasteiger partial charge in [0.05, 0.1) is 27.6 Å². The average Bonchev–Trinajstić information content (AvgIpc) is 3.97. The van der Waals surface area contributed by atoms with E-state index in [1.165, 1.54) is 0 Å². The predicted molar refractivity (Wildman–Crippen MR) is 244 cm³/mol. The van der Waals surface area contributed by atoms with Crippen molar-refractivity contribution in [2.75, 3.05) is 0 Å². The van der Waals surface area contributed by atoms with Crippen LogP contribution in [0.5, 0.6) is 0 Å². The van der Waals surface area contributed by atoms with E-state index >= 15 is 4.79 Å². The zero-order chi connectivity index (χ0) is 39.5. The van der Waals surface area contributed by atoms with E-state index in [1.807, 2.05) is 95.6 Å². The second-order valence-electron chi connectivity index (χ2n) is 15.3. The lowest BCUT2D eigenvalue weighted by Crippen LogP contribution is -2.20. The van der Waals surface area contributed by atoms with Crippen molar-refractivity contribution in [1.82, 2.24) is 23.7 Å².